The number of hydrogen-bond acceptors (Lipinski definition) is 4. The van der Waals surface area contributed by atoms with Gasteiger partial charge < -0.3 is 24.3 Å². The van der Waals surface area contributed by atoms with Crippen molar-refractivity contribution in [2.24, 2.45) is 0 Å². The van der Waals surface area contributed by atoms with Gasteiger partial charge in [-0.25, -0.2) is 4.39 Å². The number of hydrogen-bond donors (Lipinski definition) is 1. The Morgan fingerprint density at radius 2 is 1.81 bits per heavy atom. The highest BCUT2D eigenvalue weighted by Crippen LogP contribution is 2.47. The van der Waals surface area contributed by atoms with Crippen LogP contribution < -0.4 is 19.7 Å². The van der Waals surface area contributed by atoms with Crippen molar-refractivity contribution in [2.75, 3.05) is 19.1 Å². The molecule has 1 aliphatic heterocycles. The number of anilines is 1. The zero-order chi connectivity index (χ0) is 25.4. The van der Waals surface area contributed by atoms with Gasteiger partial charge in [0.25, 0.3) is 0 Å². The van der Waals surface area contributed by atoms with Gasteiger partial charge in [0, 0.05) is 29.3 Å². The third-order valence-corrected chi connectivity index (χ3v) is 6.91. The molecule has 0 amide bonds. The first-order chi connectivity index (χ1) is 17.4. The zero-order valence-electron chi connectivity index (χ0n) is 20.5. The molecule has 0 saturated carbocycles. The lowest BCUT2D eigenvalue weighted by Gasteiger charge is -2.29. The average Bonchev–Trinajstić information content (AvgIpc) is 3.38. The van der Waals surface area contributed by atoms with Crippen LogP contribution in [0.2, 0.25) is 0 Å². The number of nitrogens with one attached hydrogen (secondary N) is 1. The van der Waals surface area contributed by atoms with Crippen molar-refractivity contribution < 1.29 is 13.9 Å². The Morgan fingerprint density at radius 1 is 0.972 bits per heavy atom. The fraction of sp³-hybridized carbons (Fsp3) is 0.214. The summed E-state index contributed by atoms with van der Waals surface area (Å²) in [5, 5.41) is 4.04. The van der Waals surface area contributed by atoms with Crippen LogP contribution in [0.25, 0.3) is 5.69 Å². The first-order valence-corrected chi connectivity index (χ1v) is 12.0. The first-order valence-electron chi connectivity index (χ1n) is 11.6. The minimum atomic E-state index is -0.278. The smallest absolute Gasteiger partial charge is 0.174 e. The Balaban J connectivity index is 1.72. The lowest BCUT2D eigenvalue weighted by molar-refractivity contribution is 0.403. The van der Waals surface area contributed by atoms with E-state index in [9.17, 15) is 4.39 Å². The van der Waals surface area contributed by atoms with Gasteiger partial charge in [0.2, 0.25) is 0 Å². The summed E-state index contributed by atoms with van der Waals surface area (Å²) < 4.78 is 27.4. The largest absolute Gasteiger partial charge is 0.497 e. The van der Waals surface area contributed by atoms with E-state index >= 15 is 0 Å². The van der Waals surface area contributed by atoms with Crippen molar-refractivity contribution >= 4 is 23.0 Å². The molecule has 36 heavy (non-hydrogen) atoms. The molecule has 1 aliphatic rings. The van der Waals surface area contributed by atoms with Crippen molar-refractivity contribution in [1.82, 2.24) is 14.9 Å². The van der Waals surface area contributed by atoms with Crippen LogP contribution in [0.15, 0.2) is 72.9 Å². The SMILES string of the molecule is COc1ccc(OC)c(N2C(=S)N[C@@H](c3ccccn3)[C@@H]2c2cc(C)n(-c3cccc(F)c3)c2C)c1. The van der Waals surface area contributed by atoms with Crippen LogP contribution in [0.1, 0.15) is 34.7 Å². The number of pyridine rings is 1. The quantitative estimate of drug-likeness (QED) is 0.335. The van der Waals surface area contributed by atoms with E-state index in [1.54, 1.807) is 32.5 Å². The van der Waals surface area contributed by atoms with Crippen LogP contribution in [-0.4, -0.2) is 28.9 Å². The summed E-state index contributed by atoms with van der Waals surface area (Å²) >= 11 is 5.89. The molecule has 0 radical (unpaired) electrons. The van der Waals surface area contributed by atoms with Crippen molar-refractivity contribution in [1.29, 1.82) is 0 Å². The maximum Gasteiger partial charge on any atom is 0.174 e. The Kier molecular flexibility index (Phi) is 6.36. The number of benzene rings is 2. The van der Waals surface area contributed by atoms with Gasteiger partial charge in [-0.1, -0.05) is 12.1 Å². The number of nitrogens with zero attached hydrogens (tertiary/aromatic N) is 3. The summed E-state index contributed by atoms with van der Waals surface area (Å²) in [5.74, 6) is 1.09. The molecule has 0 bridgehead atoms. The lowest BCUT2D eigenvalue weighted by atomic mass is 9.96. The van der Waals surface area contributed by atoms with Crippen LogP contribution >= 0.6 is 12.2 Å². The monoisotopic (exact) mass is 502 g/mol. The highest BCUT2D eigenvalue weighted by atomic mass is 32.1. The van der Waals surface area contributed by atoms with Crippen LogP contribution in [0.5, 0.6) is 11.5 Å². The second-order valence-electron chi connectivity index (χ2n) is 8.68. The fourth-order valence-electron chi connectivity index (χ4n) is 5.02. The molecule has 0 unspecified atom stereocenters. The van der Waals surface area contributed by atoms with Gasteiger partial charge in [0.05, 0.1) is 37.7 Å². The second kappa shape index (κ2) is 9.62. The number of aryl methyl sites for hydroxylation is 1. The van der Waals surface area contributed by atoms with Gasteiger partial charge in [-0.2, -0.15) is 0 Å². The molecule has 6 nitrogen and oxygen atoms in total. The van der Waals surface area contributed by atoms with E-state index in [1.807, 2.05) is 56.3 Å². The molecule has 2 aromatic carbocycles. The van der Waals surface area contributed by atoms with E-state index in [1.165, 1.54) is 6.07 Å². The molecule has 8 heteroatoms. The maximum atomic E-state index is 14.1. The second-order valence-corrected chi connectivity index (χ2v) is 9.06. The van der Waals surface area contributed by atoms with Crippen LogP contribution in [0.3, 0.4) is 0 Å². The Morgan fingerprint density at radius 3 is 2.50 bits per heavy atom. The van der Waals surface area contributed by atoms with Gasteiger partial charge in [0.1, 0.15) is 17.3 Å². The molecule has 1 N–H and O–H groups in total. The molecule has 184 valence electrons. The van der Waals surface area contributed by atoms with Gasteiger partial charge in [-0.05, 0) is 80.2 Å². The van der Waals surface area contributed by atoms with Crippen molar-refractivity contribution in [3.8, 4) is 17.2 Å². The maximum absolute atomic E-state index is 14.1. The zero-order valence-corrected chi connectivity index (χ0v) is 21.3. The molecule has 2 aromatic heterocycles. The molecular weight excluding hydrogens is 475 g/mol. The molecule has 0 aliphatic carbocycles. The topological polar surface area (TPSA) is 51.6 Å². The molecule has 1 saturated heterocycles. The molecular formula is C28H27FN4O2S. The van der Waals surface area contributed by atoms with E-state index in [-0.39, 0.29) is 17.9 Å². The Bertz CT molecular complexity index is 1420. The van der Waals surface area contributed by atoms with Crippen molar-refractivity contribution in [2.45, 2.75) is 25.9 Å². The predicted molar refractivity (Wildman–Crippen MR) is 143 cm³/mol. The Labute approximate surface area is 215 Å². The van der Waals surface area contributed by atoms with Gasteiger partial charge in [-0.3, -0.25) is 4.98 Å². The Hall–Kier alpha value is -3.91. The van der Waals surface area contributed by atoms with E-state index in [0.29, 0.717) is 16.6 Å². The molecule has 3 heterocycles. The summed E-state index contributed by atoms with van der Waals surface area (Å²) in [4.78, 5) is 6.71. The van der Waals surface area contributed by atoms with Gasteiger partial charge in [0.15, 0.2) is 5.11 Å². The number of thiocarbonyl (C=S) groups is 1. The fourth-order valence-corrected chi connectivity index (χ4v) is 5.35. The van der Waals surface area contributed by atoms with Gasteiger partial charge >= 0.3 is 0 Å². The third-order valence-electron chi connectivity index (χ3n) is 6.60. The van der Waals surface area contributed by atoms with Gasteiger partial charge in [-0.15, -0.1) is 0 Å². The third kappa shape index (κ3) is 4.07. The molecule has 4 aromatic rings. The first kappa shape index (κ1) is 23.8. The standard InChI is InChI=1S/C28H27FN4O2S/c1-17-14-22(18(2)32(17)20-9-7-8-19(29)15-20)27-26(23-10-5-6-13-30-23)31-28(36)33(27)24-16-21(34-3)11-12-25(24)35-4/h5-16,26-27H,1-4H3,(H,31,36)/t26-,27-/m0/s1. The predicted octanol–water partition coefficient (Wildman–Crippen LogP) is 5.82. The van der Waals surface area contributed by atoms with E-state index in [2.05, 4.69) is 25.8 Å². The van der Waals surface area contributed by atoms with Crippen molar-refractivity contribution in [3.63, 3.8) is 0 Å². The summed E-state index contributed by atoms with van der Waals surface area (Å²) in [6.07, 6.45) is 1.78. The highest BCUT2D eigenvalue weighted by Gasteiger charge is 2.43. The lowest BCUT2D eigenvalue weighted by Crippen LogP contribution is -2.30. The summed E-state index contributed by atoms with van der Waals surface area (Å²) in [5.41, 5.74) is 5.44. The summed E-state index contributed by atoms with van der Waals surface area (Å²) in [6.45, 7) is 4.07. The minimum absolute atomic E-state index is 0.226. The number of ether oxygens (including phenoxy) is 2. The highest BCUT2D eigenvalue weighted by molar-refractivity contribution is 7.80. The minimum Gasteiger partial charge on any atom is -0.497 e. The number of rotatable bonds is 6. The van der Waals surface area contributed by atoms with Crippen LogP contribution in [0, 0.1) is 19.7 Å². The number of halogens is 1. The molecule has 2 atom stereocenters. The normalized spacial score (nSPS) is 17.2. The van der Waals surface area contributed by atoms with Crippen molar-refractivity contribution in [3.05, 3.63) is 101 Å². The average molecular weight is 503 g/mol. The molecule has 1 fully saturated rings. The van der Waals surface area contributed by atoms with E-state index in [0.717, 1.165) is 34.0 Å². The number of methoxy groups -OCH3 is 2. The van der Waals surface area contributed by atoms with Crippen LogP contribution in [-0.2, 0) is 0 Å². The van der Waals surface area contributed by atoms with E-state index < -0.39 is 0 Å². The molecule has 5 rings (SSSR count). The molecule has 0 spiro atoms. The van der Waals surface area contributed by atoms with Crippen LogP contribution in [0.4, 0.5) is 10.1 Å². The number of aromatic nitrogens is 2. The summed E-state index contributed by atoms with van der Waals surface area (Å²) in [7, 11) is 3.27. The van der Waals surface area contributed by atoms with E-state index in [4.69, 9.17) is 21.7 Å². The summed E-state index contributed by atoms with van der Waals surface area (Å²) in [6, 6.07) is 19.8.